The van der Waals surface area contributed by atoms with Crippen LogP contribution >= 0.6 is 0 Å². The number of carboxylic acids is 1. The van der Waals surface area contributed by atoms with Crippen LogP contribution in [0.25, 0.3) is 0 Å². The van der Waals surface area contributed by atoms with E-state index in [4.69, 9.17) is 10.8 Å². The van der Waals surface area contributed by atoms with Crippen molar-refractivity contribution < 1.29 is 14.7 Å². The molecule has 0 spiro atoms. The summed E-state index contributed by atoms with van der Waals surface area (Å²) in [7, 11) is 0. The zero-order valence-corrected chi connectivity index (χ0v) is 11.6. The average Bonchev–Trinajstić information content (AvgIpc) is 2.37. The largest absolute Gasteiger partial charge is 0.481 e. The van der Waals surface area contributed by atoms with E-state index in [1.807, 2.05) is 6.92 Å². The van der Waals surface area contributed by atoms with Crippen LogP contribution in [0.2, 0.25) is 0 Å². The predicted octanol–water partition coefficient (Wildman–Crippen LogP) is 0.0266. The van der Waals surface area contributed by atoms with Crippen LogP contribution in [0, 0.1) is 5.92 Å². The molecule has 6 nitrogen and oxygen atoms in total. The Balaban J connectivity index is 2.25. The number of hydrogen-bond donors (Lipinski definition) is 3. The smallest absolute Gasteiger partial charge is 0.308 e. The molecule has 19 heavy (non-hydrogen) atoms. The van der Waals surface area contributed by atoms with Gasteiger partial charge in [0, 0.05) is 25.7 Å². The Morgan fingerprint density at radius 2 is 2.05 bits per heavy atom. The minimum Gasteiger partial charge on any atom is -0.481 e. The molecule has 1 rings (SSSR count). The molecular formula is C13H25N3O3. The normalized spacial score (nSPS) is 19.1. The van der Waals surface area contributed by atoms with Gasteiger partial charge in [0.25, 0.3) is 0 Å². The molecule has 1 aliphatic rings. The van der Waals surface area contributed by atoms with Gasteiger partial charge in [-0.05, 0) is 19.3 Å². The van der Waals surface area contributed by atoms with Crippen LogP contribution < -0.4 is 11.1 Å². The molecule has 1 unspecified atom stereocenters. The zero-order valence-electron chi connectivity index (χ0n) is 11.6. The van der Waals surface area contributed by atoms with E-state index in [1.54, 1.807) is 0 Å². The van der Waals surface area contributed by atoms with Crippen molar-refractivity contribution in [1.82, 2.24) is 10.2 Å². The number of nitrogens with two attached hydrogens (primary N) is 1. The summed E-state index contributed by atoms with van der Waals surface area (Å²) in [6.07, 6.45) is 3.23. The van der Waals surface area contributed by atoms with E-state index in [9.17, 15) is 9.59 Å². The van der Waals surface area contributed by atoms with E-state index in [-0.39, 0.29) is 18.5 Å². The van der Waals surface area contributed by atoms with Gasteiger partial charge in [0.1, 0.15) is 0 Å². The Labute approximate surface area is 114 Å². The summed E-state index contributed by atoms with van der Waals surface area (Å²) in [5.74, 6) is -1.42. The van der Waals surface area contributed by atoms with Crippen molar-refractivity contribution in [3.63, 3.8) is 0 Å². The SMILES string of the molecule is CCCC(CNC(=O)CN1CCC(N)CC1)C(=O)O. The van der Waals surface area contributed by atoms with Gasteiger partial charge in [0.15, 0.2) is 0 Å². The lowest BCUT2D eigenvalue weighted by Gasteiger charge is -2.29. The fourth-order valence-corrected chi connectivity index (χ4v) is 2.27. The number of piperidine rings is 1. The summed E-state index contributed by atoms with van der Waals surface area (Å²) >= 11 is 0. The summed E-state index contributed by atoms with van der Waals surface area (Å²) in [5.41, 5.74) is 5.80. The maximum atomic E-state index is 11.7. The first-order valence-corrected chi connectivity index (χ1v) is 7.00. The van der Waals surface area contributed by atoms with Gasteiger partial charge in [0.05, 0.1) is 12.5 Å². The fraction of sp³-hybridized carbons (Fsp3) is 0.846. The predicted molar refractivity (Wildman–Crippen MR) is 72.7 cm³/mol. The third-order valence-corrected chi connectivity index (χ3v) is 3.53. The molecule has 0 bridgehead atoms. The average molecular weight is 271 g/mol. The number of nitrogens with zero attached hydrogens (tertiary/aromatic N) is 1. The van der Waals surface area contributed by atoms with Crippen molar-refractivity contribution in [1.29, 1.82) is 0 Å². The van der Waals surface area contributed by atoms with Crippen LogP contribution in [-0.2, 0) is 9.59 Å². The number of carbonyl (C=O) groups is 2. The highest BCUT2D eigenvalue weighted by Gasteiger charge is 2.20. The number of hydrogen-bond acceptors (Lipinski definition) is 4. The van der Waals surface area contributed by atoms with Gasteiger partial charge in [-0.2, -0.15) is 0 Å². The lowest BCUT2D eigenvalue weighted by Crippen LogP contribution is -2.45. The Morgan fingerprint density at radius 3 is 2.58 bits per heavy atom. The quantitative estimate of drug-likeness (QED) is 0.607. The molecule has 1 amide bonds. The molecule has 0 saturated carbocycles. The highest BCUT2D eigenvalue weighted by atomic mass is 16.4. The Hall–Kier alpha value is -1.14. The van der Waals surface area contributed by atoms with Crippen LogP contribution in [0.4, 0.5) is 0 Å². The number of amides is 1. The molecule has 0 aliphatic carbocycles. The van der Waals surface area contributed by atoms with Crippen LogP contribution in [0.1, 0.15) is 32.6 Å². The summed E-state index contributed by atoms with van der Waals surface area (Å²) < 4.78 is 0. The van der Waals surface area contributed by atoms with Crippen molar-refractivity contribution in [2.45, 2.75) is 38.6 Å². The van der Waals surface area contributed by atoms with Crippen molar-refractivity contribution in [2.75, 3.05) is 26.2 Å². The fourth-order valence-electron chi connectivity index (χ4n) is 2.27. The molecule has 0 aromatic carbocycles. The lowest BCUT2D eigenvalue weighted by atomic mass is 10.0. The van der Waals surface area contributed by atoms with Gasteiger partial charge in [-0.1, -0.05) is 13.3 Å². The molecule has 1 atom stereocenters. The molecule has 1 fully saturated rings. The molecule has 0 aromatic heterocycles. The molecule has 6 heteroatoms. The maximum Gasteiger partial charge on any atom is 0.308 e. The number of aliphatic carboxylic acids is 1. The second kappa shape index (κ2) is 8.12. The van der Waals surface area contributed by atoms with Crippen molar-refractivity contribution in [3.8, 4) is 0 Å². The maximum absolute atomic E-state index is 11.7. The van der Waals surface area contributed by atoms with E-state index in [0.717, 1.165) is 32.4 Å². The molecule has 1 heterocycles. The Morgan fingerprint density at radius 1 is 1.42 bits per heavy atom. The van der Waals surface area contributed by atoms with Crippen molar-refractivity contribution in [2.24, 2.45) is 11.7 Å². The number of carbonyl (C=O) groups excluding carboxylic acids is 1. The summed E-state index contributed by atoms with van der Waals surface area (Å²) in [6, 6.07) is 0.250. The Kier molecular flexibility index (Phi) is 6.80. The zero-order chi connectivity index (χ0) is 14.3. The topological polar surface area (TPSA) is 95.7 Å². The standard InChI is InChI=1S/C13H25N3O3/c1-2-3-10(13(18)19)8-15-12(17)9-16-6-4-11(14)5-7-16/h10-11H,2-9,14H2,1H3,(H,15,17)(H,18,19). The van der Waals surface area contributed by atoms with Gasteiger partial charge >= 0.3 is 5.97 Å². The number of likely N-dealkylation sites (tertiary alicyclic amines) is 1. The summed E-state index contributed by atoms with van der Waals surface area (Å²) in [4.78, 5) is 24.8. The molecule has 0 radical (unpaired) electrons. The second-order valence-corrected chi connectivity index (χ2v) is 5.24. The molecule has 0 aromatic rings. The van der Waals surface area contributed by atoms with E-state index in [2.05, 4.69) is 10.2 Å². The van der Waals surface area contributed by atoms with E-state index in [1.165, 1.54) is 0 Å². The van der Waals surface area contributed by atoms with Gasteiger partial charge in [-0.3, -0.25) is 14.5 Å². The Bertz CT molecular complexity index is 302. The molecular weight excluding hydrogens is 246 g/mol. The van der Waals surface area contributed by atoms with Crippen molar-refractivity contribution in [3.05, 3.63) is 0 Å². The van der Waals surface area contributed by atoms with Crippen LogP contribution in [0.15, 0.2) is 0 Å². The van der Waals surface area contributed by atoms with Gasteiger partial charge < -0.3 is 16.2 Å². The highest BCUT2D eigenvalue weighted by molar-refractivity contribution is 5.79. The minimum absolute atomic E-state index is 0.0992. The monoisotopic (exact) mass is 271 g/mol. The first-order valence-electron chi connectivity index (χ1n) is 7.00. The van der Waals surface area contributed by atoms with Crippen LogP contribution in [-0.4, -0.2) is 54.1 Å². The number of nitrogens with one attached hydrogen (secondary N) is 1. The second-order valence-electron chi connectivity index (χ2n) is 5.24. The van der Waals surface area contributed by atoms with E-state index in [0.29, 0.717) is 13.0 Å². The van der Waals surface area contributed by atoms with Crippen LogP contribution in [0.3, 0.4) is 0 Å². The third kappa shape index (κ3) is 6.02. The number of carboxylic acid groups (broad SMARTS) is 1. The van der Waals surface area contributed by atoms with Gasteiger partial charge in [-0.15, -0.1) is 0 Å². The lowest BCUT2D eigenvalue weighted by molar-refractivity contribution is -0.142. The molecule has 1 aliphatic heterocycles. The third-order valence-electron chi connectivity index (χ3n) is 3.53. The first-order chi connectivity index (χ1) is 9.02. The highest BCUT2D eigenvalue weighted by Crippen LogP contribution is 2.08. The molecule has 110 valence electrons. The van der Waals surface area contributed by atoms with Crippen molar-refractivity contribution >= 4 is 11.9 Å². The minimum atomic E-state index is -0.842. The van der Waals surface area contributed by atoms with Crippen LogP contribution in [0.5, 0.6) is 0 Å². The van der Waals surface area contributed by atoms with E-state index < -0.39 is 11.9 Å². The molecule has 1 saturated heterocycles. The molecule has 4 N–H and O–H groups in total. The summed E-state index contributed by atoms with van der Waals surface area (Å²) in [5, 5.41) is 11.7. The summed E-state index contributed by atoms with van der Waals surface area (Å²) in [6.45, 7) is 4.17. The van der Waals surface area contributed by atoms with Gasteiger partial charge in [-0.25, -0.2) is 0 Å². The first kappa shape index (κ1) is 15.9. The van der Waals surface area contributed by atoms with E-state index >= 15 is 0 Å². The number of rotatable bonds is 7. The van der Waals surface area contributed by atoms with Gasteiger partial charge in [0.2, 0.25) is 5.91 Å².